The fraction of sp³-hybridized carbons (Fsp3) is 0.421. The molecule has 0 fully saturated rings. The molecule has 0 atom stereocenters. The number of hydrogen-bond donors (Lipinski definition) is 2. The number of carbonyl (C=O) groups excluding carboxylic acids is 2. The maximum atomic E-state index is 12.3. The molecule has 0 bridgehead atoms. The topological polar surface area (TPSA) is 90.0 Å². The Morgan fingerprint density at radius 1 is 1.24 bits per heavy atom. The molecular weight excluding hydrogens is 316 g/mol. The lowest BCUT2D eigenvalue weighted by molar-refractivity contribution is -0.116. The number of rotatable bonds is 7. The highest BCUT2D eigenvalue weighted by Crippen LogP contribution is 2.18. The number of nitrogens with two attached hydrogens (primary N) is 1. The first-order valence-electron chi connectivity index (χ1n) is 8.51. The number of aryl methyl sites for hydroxylation is 1. The molecule has 0 radical (unpaired) electrons. The molecule has 0 saturated heterocycles. The average molecular weight is 342 g/mol. The van der Waals surface area contributed by atoms with E-state index < -0.39 is 5.91 Å². The molecule has 0 aliphatic heterocycles. The minimum absolute atomic E-state index is 0.149. The van der Waals surface area contributed by atoms with Crippen molar-refractivity contribution in [3.05, 3.63) is 46.8 Å². The second-order valence-electron chi connectivity index (χ2n) is 6.68. The van der Waals surface area contributed by atoms with Crippen molar-refractivity contribution in [1.82, 2.24) is 9.78 Å². The van der Waals surface area contributed by atoms with Gasteiger partial charge in [-0.15, -0.1) is 0 Å². The Hall–Kier alpha value is -2.63. The van der Waals surface area contributed by atoms with Crippen LogP contribution < -0.4 is 11.1 Å². The second-order valence-corrected chi connectivity index (χ2v) is 6.68. The van der Waals surface area contributed by atoms with Crippen molar-refractivity contribution in [3.63, 3.8) is 0 Å². The maximum absolute atomic E-state index is 12.3. The molecule has 0 unspecified atom stereocenters. The van der Waals surface area contributed by atoms with Crippen LogP contribution in [0.4, 0.5) is 5.69 Å². The monoisotopic (exact) mass is 342 g/mol. The first kappa shape index (κ1) is 18.7. The van der Waals surface area contributed by atoms with E-state index in [1.54, 1.807) is 24.3 Å². The van der Waals surface area contributed by atoms with Crippen molar-refractivity contribution in [2.24, 2.45) is 11.7 Å². The molecule has 6 heteroatoms. The van der Waals surface area contributed by atoms with Crippen LogP contribution in [0.25, 0.3) is 0 Å². The smallest absolute Gasteiger partial charge is 0.250 e. The van der Waals surface area contributed by atoms with Crippen LogP contribution in [0.15, 0.2) is 24.3 Å². The SMILES string of the molecule is Cc1nn(CC(C)C)c(C)c1CCC(=O)Nc1ccccc1C(N)=O. The standard InChI is InChI=1S/C19H26N4O2/c1-12(2)11-23-14(4)15(13(3)22-23)9-10-18(24)21-17-8-6-5-7-16(17)19(20)25/h5-8,12H,9-11H2,1-4H3,(H2,20,25)(H,21,24). The summed E-state index contributed by atoms with van der Waals surface area (Å²) in [7, 11) is 0. The van der Waals surface area contributed by atoms with Crippen molar-refractivity contribution in [1.29, 1.82) is 0 Å². The van der Waals surface area contributed by atoms with E-state index in [-0.39, 0.29) is 5.91 Å². The van der Waals surface area contributed by atoms with Crippen LogP contribution in [-0.4, -0.2) is 21.6 Å². The number of aromatic nitrogens is 2. The van der Waals surface area contributed by atoms with Gasteiger partial charge in [0.15, 0.2) is 0 Å². The minimum Gasteiger partial charge on any atom is -0.366 e. The van der Waals surface area contributed by atoms with Gasteiger partial charge in [-0.1, -0.05) is 26.0 Å². The van der Waals surface area contributed by atoms with Gasteiger partial charge in [0, 0.05) is 18.7 Å². The van der Waals surface area contributed by atoms with Crippen LogP contribution in [0.2, 0.25) is 0 Å². The zero-order valence-corrected chi connectivity index (χ0v) is 15.3. The molecule has 6 nitrogen and oxygen atoms in total. The highest BCUT2D eigenvalue weighted by Gasteiger charge is 2.15. The van der Waals surface area contributed by atoms with Gasteiger partial charge in [0.2, 0.25) is 5.91 Å². The lowest BCUT2D eigenvalue weighted by Crippen LogP contribution is -2.18. The molecule has 3 N–H and O–H groups in total. The molecule has 0 saturated carbocycles. The van der Waals surface area contributed by atoms with E-state index in [1.807, 2.05) is 18.5 Å². The Bertz CT molecular complexity index is 778. The lowest BCUT2D eigenvalue weighted by Gasteiger charge is -2.09. The van der Waals surface area contributed by atoms with Crippen molar-refractivity contribution in [2.75, 3.05) is 5.32 Å². The zero-order valence-electron chi connectivity index (χ0n) is 15.3. The number of anilines is 1. The van der Waals surface area contributed by atoms with Crippen LogP contribution >= 0.6 is 0 Å². The predicted molar refractivity (Wildman–Crippen MR) is 98.4 cm³/mol. The fourth-order valence-corrected chi connectivity index (χ4v) is 2.88. The summed E-state index contributed by atoms with van der Waals surface area (Å²) in [6, 6.07) is 6.75. The molecule has 0 spiro atoms. The van der Waals surface area contributed by atoms with Crippen LogP contribution in [0.3, 0.4) is 0 Å². The Kier molecular flexibility index (Phi) is 5.96. The molecule has 2 aromatic rings. The molecule has 2 amide bonds. The number of hydrogen-bond acceptors (Lipinski definition) is 3. The normalized spacial score (nSPS) is 10.9. The highest BCUT2D eigenvalue weighted by molar-refractivity contribution is 6.02. The van der Waals surface area contributed by atoms with Crippen LogP contribution in [0.5, 0.6) is 0 Å². The summed E-state index contributed by atoms with van der Waals surface area (Å²) in [5.74, 6) is -0.193. The third kappa shape index (κ3) is 4.68. The van der Waals surface area contributed by atoms with Gasteiger partial charge in [0.1, 0.15) is 0 Å². The first-order valence-corrected chi connectivity index (χ1v) is 8.51. The number of benzene rings is 1. The molecule has 1 aromatic heterocycles. The van der Waals surface area contributed by atoms with Gasteiger partial charge in [-0.25, -0.2) is 0 Å². The molecule has 0 aliphatic rings. The minimum atomic E-state index is -0.558. The highest BCUT2D eigenvalue weighted by atomic mass is 16.2. The number of amides is 2. The molecule has 0 aliphatic carbocycles. The number of primary amides is 1. The van der Waals surface area contributed by atoms with E-state index in [0.717, 1.165) is 23.5 Å². The third-order valence-electron chi connectivity index (χ3n) is 4.14. The molecular formula is C19H26N4O2. The summed E-state index contributed by atoms with van der Waals surface area (Å²) >= 11 is 0. The number of nitrogens with one attached hydrogen (secondary N) is 1. The van der Waals surface area contributed by atoms with E-state index in [4.69, 9.17) is 5.73 Å². The van der Waals surface area contributed by atoms with Gasteiger partial charge < -0.3 is 11.1 Å². The summed E-state index contributed by atoms with van der Waals surface area (Å²) in [4.78, 5) is 23.7. The largest absolute Gasteiger partial charge is 0.366 e. The van der Waals surface area contributed by atoms with E-state index in [9.17, 15) is 9.59 Å². The van der Waals surface area contributed by atoms with Gasteiger partial charge in [-0.05, 0) is 43.9 Å². The van der Waals surface area contributed by atoms with Gasteiger partial charge >= 0.3 is 0 Å². The number of carbonyl (C=O) groups is 2. The lowest BCUT2D eigenvalue weighted by atomic mass is 10.1. The van der Waals surface area contributed by atoms with Crippen LogP contribution in [0.1, 0.15) is 47.6 Å². The van der Waals surface area contributed by atoms with Crippen molar-refractivity contribution in [3.8, 4) is 0 Å². The van der Waals surface area contributed by atoms with E-state index in [0.29, 0.717) is 30.0 Å². The molecule has 134 valence electrons. The summed E-state index contributed by atoms with van der Waals surface area (Å²) in [6.45, 7) is 9.18. The zero-order chi connectivity index (χ0) is 18.6. The Morgan fingerprint density at radius 3 is 2.56 bits per heavy atom. The van der Waals surface area contributed by atoms with Gasteiger partial charge in [0.25, 0.3) is 5.91 Å². The Balaban J connectivity index is 2.04. The Labute approximate surface area is 148 Å². The summed E-state index contributed by atoms with van der Waals surface area (Å²) in [6.07, 6.45) is 0.933. The number of para-hydroxylation sites is 1. The van der Waals surface area contributed by atoms with Gasteiger partial charge in [-0.3, -0.25) is 14.3 Å². The quantitative estimate of drug-likeness (QED) is 0.810. The molecule has 1 aromatic carbocycles. The van der Waals surface area contributed by atoms with E-state index >= 15 is 0 Å². The first-order chi connectivity index (χ1) is 11.8. The predicted octanol–water partition coefficient (Wildman–Crippen LogP) is 2.83. The van der Waals surface area contributed by atoms with E-state index in [1.165, 1.54) is 0 Å². The Morgan fingerprint density at radius 2 is 1.92 bits per heavy atom. The summed E-state index contributed by atoms with van der Waals surface area (Å²) in [5, 5.41) is 7.35. The third-order valence-corrected chi connectivity index (χ3v) is 4.14. The number of nitrogens with zero attached hydrogens (tertiary/aromatic N) is 2. The average Bonchev–Trinajstić information content (AvgIpc) is 2.79. The van der Waals surface area contributed by atoms with Gasteiger partial charge in [0.05, 0.1) is 16.9 Å². The molecule has 25 heavy (non-hydrogen) atoms. The van der Waals surface area contributed by atoms with Crippen molar-refractivity contribution in [2.45, 2.75) is 47.1 Å². The van der Waals surface area contributed by atoms with Crippen molar-refractivity contribution >= 4 is 17.5 Å². The summed E-state index contributed by atoms with van der Waals surface area (Å²) < 4.78 is 2.01. The maximum Gasteiger partial charge on any atom is 0.250 e. The fourth-order valence-electron chi connectivity index (χ4n) is 2.88. The summed E-state index contributed by atoms with van der Waals surface area (Å²) in [5.41, 5.74) is 9.28. The van der Waals surface area contributed by atoms with Crippen LogP contribution in [-0.2, 0) is 17.8 Å². The van der Waals surface area contributed by atoms with Gasteiger partial charge in [-0.2, -0.15) is 5.10 Å². The molecule has 2 rings (SSSR count). The van der Waals surface area contributed by atoms with E-state index in [2.05, 4.69) is 24.3 Å². The second kappa shape index (κ2) is 7.96. The molecule has 1 heterocycles. The van der Waals surface area contributed by atoms with Crippen LogP contribution in [0, 0.1) is 19.8 Å². The van der Waals surface area contributed by atoms with Crippen molar-refractivity contribution < 1.29 is 9.59 Å².